The number of nitrogens with one attached hydrogen (secondary N) is 1. The van der Waals surface area contributed by atoms with Crippen molar-refractivity contribution >= 4 is 33.5 Å². The van der Waals surface area contributed by atoms with Crippen LogP contribution in [-0.4, -0.2) is 11.2 Å². The van der Waals surface area contributed by atoms with Gasteiger partial charge in [0, 0.05) is 10.9 Å². The van der Waals surface area contributed by atoms with Gasteiger partial charge < -0.3 is 0 Å². The minimum absolute atomic E-state index is 0.784. The average Bonchev–Trinajstić information content (AvgIpc) is 3.12. The van der Waals surface area contributed by atoms with E-state index in [-0.39, 0.29) is 0 Å². The van der Waals surface area contributed by atoms with Crippen LogP contribution in [0.3, 0.4) is 0 Å². The van der Waals surface area contributed by atoms with E-state index in [2.05, 4.69) is 82.4 Å². The fourth-order valence-corrected chi connectivity index (χ4v) is 3.37. The van der Waals surface area contributed by atoms with Gasteiger partial charge in [0.1, 0.15) is 0 Å². The van der Waals surface area contributed by atoms with Crippen molar-refractivity contribution in [2.24, 2.45) is 5.10 Å². The quantitative estimate of drug-likeness (QED) is 0.380. The van der Waals surface area contributed by atoms with Gasteiger partial charge in [-0.25, -0.2) is 4.98 Å². The van der Waals surface area contributed by atoms with Crippen LogP contribution >= 0.6 is 11.3 Å². The highest BCUT2D eigenvalue weighted by Gasteiger charge is 2.07. The normalized spacial score (nSPS) is 11.2. The fourth-order valence-electron chi connectivity index (χ4n) is 2.71. The van der Waals surface area contributed by atoms with Gasteiger partial charge in [0.2, 0.25) is 5.13 Å². The first-order valence-electron chi connectivity index (χ1n) is 8.09. The molecule has 0 saturated heterocycles. The van der Waals surface area contributed by atoms with Crippen molar-refractivity contribution in [3.8, 4) is 11.3 Å². The summed E-state index contributed by atoms with van der Waals surface area (Å²) in [6.07, 6.45) is 1.80. The van der Waals surface area contributed by atoms with Crippen LogP contribution in [0, 0.1) is 6.92 Å². The first kappa shape index (κ1) is 15.5. The Balaban J connectivity index is 1.55. The molecule has 0 saturated carbocycles. The number of aromatic nitrogens is 1. The predicted octanol–water partition coefficient (Wildman–Crippen LogP) is 5.72. The van der Waals surface area contributed by atoms with Crippen LogP contribution in [0.1, 0.15) is 11.1 Å². The minimum Gasteiger partial charge on any atom is -0.253 e. The number of thiazole rings is 1. The van der Waals surface area contributed by atoms with E-state index in [1.54, 1.807) is 17.6 Å². The maximum absolute atomic E-state index is 4.67. The van der Waals surface area contributed by atoms with Gasteiger partial charge >= 0.3 is 0 Å². The van der Waals surface area contributed by atoms with Crippen molar-refractivity contribution in [3.05, 3.63) is 83.2 Å². The number of nitrogens with zero attached hydrogens (tertiary/aromatic N) is 2. The van der Waals surface area contributed by atoms with Crippen LogP contribution in [0.5, 0.6) is 0 Å². The van der Waals surface area contributed by atoms with Crippen molar-refractivity contribution in [1.29, 1.82) is 0 Å². The second kappa shape index (κ2) is 6.87. The van der Waals surface area contributed by atoms with Gasteiger partial charge in [-0.05, 0) is 23.3 Å². The molecule has 0 aliphatic rings. The molecule has 0 radical (unpaired) electrons. The molecule has 122 valence electrons. The number of fused-ring (bicyclic) bond motifs is 1. The molecule has 0 spiro atoms. The summed E-state index contributed by atoms with van der Waals surface area (Å²) in [5, 5.41) is 9.56. The van der Waals surface area contributed by atoms with E-state index in [0.717, 1.165) is 22.0 Å². The molecule has 4 aromatic rings. The monoisotopic (exact) mass is 343 g/mol. The highest BCUT2D eigenvalue weighted by atomic mass is 32.1. The van der Waals surface area contributed by atoms with Gasteiger partial charge in [-0.3, -0.25) is 5.43 Å². The van der Waals surface area contributed by atoms with Crippen molar-refractivity contribution in [2.75, 3.05) is 5.43 Å². The Morgan fingerprint density at radius 1 is 0.960 bits per heavy atom. The third-order valence-corrected chi connectivity index (χ3v) is 4.77. The van der Waals surface area contributed by atoms with Gasteiger partial charge in [-0.15, -0.1) is 11.3 Å². The number of aryl methyl sites for hydroxylation is 1. The van der Waals surface area contributed by atoms with Gasteiger partial charge in [-0.2, -0.15) is 5.10 Å². The van der Waals surface area contributed by atoms with Gasteiger partial charge in [0.15, 0.2) is 0 Å². The Morgan fingerprint density at radius 3 is 2.64 bits per heavy atom. The largest absolute Gasteiger partial charge is 0.253 e. The summed E-state index contributed by atoms with van der Waals surface area (Å²) in [4.78, 5) is 4.67. The topological polar surface area (TPSA) is 37.3 Å². The second-order valence-electron chi connectivity index (χ2n) is 5.85. The number of benzene rings is 3. The lowest BCUT2D eigenvalue weighted by Crippen LogP contribution is -1.90. The van der Waals surface area contributed by atoms with E-state index in [4.69, 9.17) is 0 Å². The molecule has 1 heterocycles. The molecule has 0 amide bonds. The third kappa shape index (κ3) is 3.44. The van der Waals surface area contributed by atoms with Crippen LogP contribution in [0.2, 0.25) is 0 Å². The van der Waals surface area contributed by atoms with Gasteiger partial charge in [-0.1, -0.05) is 72.3 Å². The summed E-state index contributed by atoms with van der Waals surface area (Å²) in [5.41, 5.74) is 7.43. The van der Waals surface area contributed by atoms with Crippen molar-refractivity contribution in [3.63, 3.8) is 0 Å². The van der Waals surface area contributed by atoms with E-state index in [1.807, 2.05) is 12.1 Å². The van der Waals surface area contributed by atoms with E-state index in [9.17, 15) is 0 Å². The smallest absolute Gasteiger partial charge is 0.203 e. The zero-order valence-electron chi connectivity index (χ0n) is 13.8. The molecule has 0 atom stereocenters. The lowest BCUT2D eigenvalue weighted by atomic mass is 10.0. The highest BCUT2D eigenvalue weighted by molar-refractivity contribution is 7.14. The standard InChI is InChI=1S/C21H17N3S/c1-15-9-11-16(12-10-15)13-22-24-21-23-20(14-25-21)19-8-4-6-17-5-2-3-7-18(17)19/h2-14H,1H3,(H,23,24). The molecule has 1 N–H and O–H groups in total. The Labute approximate surface area is 150 Å². The summed E-state index contributed by atoms with van der Waals surface area (Å²) in [7, 11) is 0. The molecular formula is C21H17N3S. The van der Waals surface area contributed by atoms with Crippen molar-refractivity contribution in [1.82, 2.24) is 4.98 Å². The summed E-state index contributed by atoms with van der Waals surface area (Å²) >= 11 is 1.55. The second-order valence-corrected chi connectivity index (χ2v) is 6.70. The number of anilines is 1. The zero-order chi connectivity index (χ0) is 17.1. The number of hydrazone groups is 1. The third-order valence-electron chi connectivity index (χ3n) is 4.02. The van der Waals surface area contributed by atoms with E-state index in [1.165, 1.54) is 16.3 Å². The predicted molar refractivity (Wildman–Crippen MR) is 107 cm³/mol. The average molecular weight is 343 g/mol. The molecule has 3 aromatic carbocycles. The number of hydrogen-bond acceptors (Lipinski definition) is 4. The molecule has 1 aromatic heterocycles. The van der Waals surface area contributed by atoms with E-state index in [0.29, 0.717) is 0 Å². The molecule has 0 aliphatic carbocycles. The van der Waals surface area contributed by atoms with Crippen LogP contribution in [-0.2, 0) is 0 Å². The van der Waals surface area contributed by atoms with E-state index < -0.39 is 0 Å². The zero-order valence-corrected chi connectivity index (χ0v) is 14.6. The molecule has 25 heavy (non-hydrogen) atoms. The van der Waals surface area contributed by atoms with Crippen LogP contribution < -0.4 is 5.43 Å². The van der Waals surface area contributed by atoms with Crippen molar-refractivity contribution in [2.45, 2.75) is 6.92 Å². The SMILES string of the molecule is Cc1ccc(C=NNc2nc(-c3cccc4ccccc34)cs2)cc1. The number of rotatable bonds is 4. The highest BCUT2D eigenvalue weighted by Crippen LogP contribution is 2.30. The van der Waals surface area contributed by atoms with Crippen LogP contribution in [0.15, 0.2) is 77.2 Å². The summed E-state index contributed by atoms with van der Waals surface area (Å²) < 4.78 is 0. The molecule has 0 bridgehead atoms. The maximum atomic E-state index is 4.67. The van der Waals surface area contributed by atoms with Crippen LogP contribution in [0.25, 0.3) is 22.0 Å². The lowest BCUT2D eigenvalue weighted by molar-refractivity contribution is 1.29. The van der Waals surface area contributed by atoms with E-state index >= 15 is 0 Å². The first-order valence-corrected chi connectivity index (χ1v) is 8.97. The number of hydrogen-bond donors (Lipinski definition) is 1. The summed E-state index contributed by atoms with van der Waals surface area (Å²) in [6, 6.07) is 22.9. The molecule has 0 fully saturated rings. The summed E-state index contributed by atoms with van der Waals surface area (Å²) in [5.74, 6) is 0. The molecule has 3 nitrogen and oxygen atoms in total. The Kier molecular flexibility index (Phi) is 4.27. The van der Waals surface area contributed by atoms with Gasteiger partial charge in [0.05, 0.1) is 11.9 Å². The summed E-state index contributed by atoms with van der Waals surface area (Å²) in [6.45, 7) is 2.07. The van der Waals surface area contributed by atoms with Crippen LogP contribution in [0.4, 0.5) is 5.13 Å². The molecule has 4 rings (SSSR count). The molecular weight excluding hydrogens is 326 g/mol. The molecule has 0 aliphatic heterocycles. The maximum Gasteiger partial charge on any atom is 0.203 e. The molecule has 4 heteroatoms. The van der Waals surface area contributed by atoms with Crippen molar-refractivity contribution < 1.29 is 0 Å². The fraction of sp³-hybridized carbons (Fsp3) is 0.0476. The Morgan fingerprint density at radius 2 is 1.76 bits per heavy atom. The lowest BCUT2D eigenvalue weighted by Gasteiger charge is -2.03. The Bertz CT molecular complexity index is 1030. The Hall–Kier alpha value is -2.98. The minimum atomic E-state index is 0.784. The molecule has 0 unspecified atom stereocenters. The van der Waals surface area contributed by atoms with Gasteiger partial charge in [0.25, 0.3) is 0 Å². The first-order chi connectivity index (χ1) is 12.3.